The first kappa shape index (κ1) is 21.9. The van der Waals surface area contributed by atoms with Crippen molar-refractivity contribution >= 4 is 16.9 Å². The molecule has 0 unspecified atom stereocenters. The Balaban J connectivity index is 1.93. The summed E-state index contributed by atoms with van der Waals surface area (Å²) in [6.07, 6.45) is 0. The molecule has 0 radical (unpaired) electrons. The number of hydrogen-bond donors (Lipinski definition) is 0. The minimum absolute atomic E-state index is 0.100. The van der Waals surface area contributed by atoms with Gasteiger partial charge in [-0.05, 0) is 31.3 Å². The third kappa shape index (κ3) is 3.52. The average molecular weight is 437 g/mol. The second kappa shape index (κ2) is 9.04. The van der Waals surface area contributed by atoms with Gasteiger partial charge in [0.1, 0.15) is 5.58 Å². The lowest BCUT2D eigenvalue weighted by atomic mass is 9.97. The first-order valence-electron chi connectivity index (χ1n) is 10.9. The predicted molar refractivity (Wildman–Crippen MR) is 123 cm³/mol. The maximum absolute atomic E-state index is 13.6. The Bertz CT molecular complexity index is 1200. The number of amides is 1. The molecule has 2 heterocycles. The zero-order valence-electron chi connectivity index (χ0n) is 18.9. The van der Waals surface area contributed by atoms with Crippen LogP contribution in [0.2, 0.25) is 0 Å². The summed E-state index contributed by atoms with van der Waals surface area (Å²) < 4.78 is 17.1. The summed E-state index contributed by atoms with van der Waals surface area (Å²) in [6, 6.07) is 11.9. The fourth-order valence-corrected chi connectivity index (χ4v) is 4.44. The highest BCUT2D eigenvalue weighted by molar-refractivity contribution is 5.99. The van der Waals surface area contributed by atoms with Gasteiger partial charge in [0.2, 0.25) is 5.76 Å². The number of fused-ring (bicyclic) bond motifs is 2. The van der Waals surface area contributed by atoms with E-state index in [0.29, 0.717) is 46.7 Å². The maximum atomic E-state index is 13.6. The molecule has 1 amide bonds. The standard InChI is InChI=1S/C25H28N2O5/c1-5-26(6-2)14-15-27-21(17-11-9-13-19(30-3)23(17)31-4)20-22(28)16-10-7-8-12-18(16)32-24(20)25(27)29/h7-13,21H,5-6,14-15H2,1-4H3/t21-/m0/s1. The molecular weight excluding hydrogens is 408 g/mol. The van der Waals surface area contributed by atoms with Crippen LogP contribution >= 0.6 is 0 Å². The van der Waals surface area contributed by atoms with Crippen molar-refractivity contribution in [1.29, 1.82) is 0 Å². The third-order valence-corrected chi connectivity index (χ3v) is 6.15. The topological polar surface area (TPSA) is 72.2 Å². The Hall–Kier alpha value is -3.32. The zero-order valence-corrected chi connectivity index (χ0v) is 18.9. The van der Waals surface area contributed by atoms with E-state index < -0.39 is 6.04 Å². The fraction of sp³-hybridized carbons (Fsp3) is 0.360. The molecule has 0 bridgehead atoms. The Labute approximate surface area is 187 Å². The lowest BCUT2D eigenvalue weighted by molar-refractivity contribution is 0.0706. The van der Waals surface area contributed by atoms with Crippen molar-refractivity contribution in [3.8, 4) is 11.5 Å². The molecule has 0 saturated heterocycles. The van der Waals surface area contributed by atoms with Crippen molar-refractivity contribution in [2.75, 3.05) is 40.4 Å². The van der Waals surface area contributed by atoms with Gasteiger partial charge in [0.05, 0.1) is 31.2 Å². The number of hydrogen-bond acceptors (Lipinski definition) is 6. The van der Waals surface area contributed by atoms with Gasteiger partial charge < -0.3 is 23.7 Å². The van der Waals surface area contributed by atoms with Gasteiger partial charge in [-0.25, -0.2) is 0 Å². The lowest BCUT2D eigenvalue weighted by Crippen LogP contribution is -2.38. The van der Waals surface area contributed by atoms with Crippen LogP contribution in [0, 0.1) is 0 Å². The largest absolute Gasteiger partial charge is 0.493 e. The zero-order chi connectivity index (χ0) is 22.8. The summed E-state index contributed by atoms with van der Waals surface area (Å²) in [6.45, 7) is 7.06. The van der Waals surface area contributed by atoms with Gasteiger partial charge in [-0.15, -0.1) is 0 Å². The number of carbonyl (C=O) groups is 1. The maximum Gasteiger partial charge on any atom is 0.290 e. The summed E-state index contributed by atoms with van der Waals surface area (Å²) in [7, 11) is 3.12. The summed E-state index contributed by atoms with van der Waals surface area (Å²) >= 11 is 0. The van der Waals surface area contributed by atoms with E-state index >= 15 is 0 Å². The van der Waals surface area contributed by atoms with Crippen LogP contribution in [0.1, 0.15) is 41.6 Å². The number of carbonyl (C=O) groups excluding carboxylic acids is 1. The Kier molecular flexibility index (Phi) is 6.19. The van der Waals surface area contributed by atoms with E-state index in [2.05, 4.69) is 18.7 Å². The molecule has 168 valence electrons. The number of ether oxygens (including phenoxy) is 2. The van der Waals surface area contributed by atoms with E-state index in [-0.39, 0.29) is 17.1 Å². The van der Waals surface area contributed by atoms with Crippen molar-refractivity contribution in [2.45, 2.75) is 19.9 Å². The van der Waals surface area contributed by atoms with Gasteiger partial charge in [0, 0.05) is 18.7 Å². The van der Waals surface area contributed by atoms with Crippen molar-refractivity contribution in [2.24, 2.45) is 0 Å². The number of nitrogens with zero attached hydrogens (tertiary/aromatic N) is 2. The van der Waals surface area contributed by atoms with Crippen LogP contribution in [0.5, 0.6) is 11.5 Å². The van der Waals surface area contributed by atoms with Gasteiger partial charge in [-0.2, -0.15) is 0 Å². The summed E-state index contributed by atoms with van der Waals surface area (Å²) in [5.74, 6) is 0.855. The molecule has 0 N–H and O–H groups in total. The van der Waals surface area contributed by atoms with Gasteiger partial charge in [0.15, 0.2) is 16.9 Å². The molecule has 2 aromatic carbocycles. The van der Waals surface area contributed by atoms with Crippen LogP contribution in [0.25, 0.3) is 11.0 Å². The van der Waals surface area contributed by atoms with E-state index in [0.717, 1.165) is 13.1 Å². The molecule has 0 fully saturated rings. The van der Waals surface area contributed by atoms with Crippen LogP contribution in [-0.2, 0) is 0 Å². The SMILES string of the molecule is CCN(CC)CCN1C(=O)c2oc3ccccc3c(=O)c2[C@@H]1c1cccc(OC)c1OC. The molecule has 7 heteroatoms. The van der Waals surface area contributed by atoms with E-state index in [4.69, 9.17) is 13.9 Å². The molecule has 3 aromatic rings. The van der Waals surface area contributed by atoms with Crippen LogP contribution in [0.15, 0.2) is 51.7 Å². The number of benzene rings is 2. The minimum Gasteiger partial charge on any atom is -0.493 e. The molecule has 7 nitrogen and oxygen atoms in total. The Morgan fingerprint density at radius 1 is 1.00 bits per heavy atom. The van der Waals surface area contributed by atoms with Crippen LogP contribution in [0.3, 0.4) is 0 Å². The van der Waals surface area contributed by atoms with Crippen molar-refractivity contribution in [1.82, 2.24) is 9.80 Å². The highest BCUT2D eigenvalue weighted by Crippen LogP contribution is 2.44. The molecule has 0 spiro atoms. The van der Waals surface area contributed by atoms with Gasteiger partial charge in [-0.1, -0.05) is 38.1 Å². The summed E-state index contributed by atoms with van der Waals surface area (Å²) in [4.78, 5) is 31.1. The second-order valence-electron chi connectivity index (χ2n) is 7.68. The molecule has 0 saturated carbocycles. The first-order chi connectivity index (χ1) is 15.5. The number of para-hydroxylation sites is 2. The van der Waals surface area contributed by atoms with Crippen LogP contribution in [-0.4, -0.2) is 56.1 Å². The van der Waals surface area contributed by atoms with E-state index in [1.54, 1.807) is 49.5 Å². The second-order valence-corrected chi connectivity index (χ2v) is 7.68. The fourth-order valence-electron chi connectivity index (χ4n) is 4.44. The van der Waals surface area contributed by atoms with Crippen LogP contribution in [0.4, 0.5) is 0 Å². The minimum atomic E-state index is -0.626. The number of likely N-dealkylation sites (N-methyl/N-ethyl adjacent to an activating group) is 1. The molecule has 0 aliphatic carbocycles. The highest BCUT2D eigenvalue weighted by Gasteiger charge is 2.44. The van der Waals surface area contributed by atoms with Gasteiger partial charge in [0.25, 0.3) is 5.91 Å². The Morgan fingerprint density at radius 3 is 2.44 bits per heavy atom. The summed E-state index contributed by atoms with van der Waals surface area (Å²) in [5.41, 5.74) is 1.25. The van der Waals surface area contributed by atoms with Crippen molar-refractivity contribution in [3.63, 3.8) is 0 Å². The molecule has 1 atom stereocenters. The lowest BCUT2D eigenvalue weighted by Gasteiger charge is -2.29. The first-order valence-corrected chi connectivity index (χ1v) is 10.9. The van der Waals surface area contributed by atoms with E-state index in [1.165, 1.54) is 0 Å². The molecule has 4 rings (SSSR count). The Morgan fingerprint density at radius 2 is 1.75 bits per heavy atom. The summed E-state index contributed by atoms with van der Waals surface area (Å²) in [5, 5.41) is 0.455. The number of methoxy groups -OCH3 is 2. The van der Waals surface area contributed by atoms with Crippen molar-refractivity contribution < 1.29 is 18.7 Å². The number of rotatable bonds is 8. The molecule has 1 aliphatic heterocycles. The highest BCUT2D eigenvalue weighted by atomic mass is 16.5. The predicted octanol–water partition coefficient (Wildman–Crippen LogP) is 3.70. The molecule has 1 aliphatic rings. The normalized spacial score (nSPS) is 15.5. The molecular formula is C25H28N2O5. The quantitative estimate of drug-likeness (QED) is 0.536. The molecule has 1 aromatic heterocycles. The average Bonchev–Trinajstić information content (AvgIpc) is 3.11. The van der Waals surface area contributed by atoms with E-state index in [9.17, 15) is 9.59 Å². The van der Waals surface area contributed by atoms with Crippen molar-refractivity contribution in [3.05, 3.63) is 69.6 Å². The van der Waals surface area contributed by atoms with Crippen LogP contribution < -0.4 is 14.9 Å². The molecule has 32 heavy (non-hydrogen) atoms. The third-order valence-electron chi connectivity index (χ3n) is 6.15. The smallest absolute Gasteiger partial charge is 0.290 e. The van der Waals surface area contributed by atoms with Gasteiger partial charge >= 0.3 is 0 Å². The van der Waals surface area contributed by atoms with Gasteiger partial charge in [-0.3, -0.25) is 9.59 Å². The monoisotopic (exact) mass is 436 g/mol. The van der Waals surface area contributed by atoms with E-state index in [1.807, 2.05) is 12.1 Å².